The van der Waals surface area contributed by atoms with Gasteiger partial charge in [-0.2, -0.15) is 0 Å². The number of anilines is 1. The number of imidazole rings is 1. The Balaban J connectivity index is 2.14. The van der Waals surface area contributed by atoms with Gasteiger partial charge in [-0.25, -0.2) is 4.98 Å². The van der Waals surface area contributed by atoms with Crippen LogP contribution in [0, 0.1) is 0 Å². The first-order valence-electron chi connectivity index (χ1n) is 6.26. The predicted molar refractivity (Wildman–Crippen MR) is 78.6 cm³/mol. The van der Waals surface area contributed by atoms with E-state index >= 15 is 0 Å². The molecule has 2 N–H and O–H groups in total. The molecule has 0 bridgehead atoms. The molecule has 0 radical (unpaired) electrons. The number of fused-ring (bicyclic) bond motifs is 2. The normalized spacial score (nSPS) is 11.2. The monoisotopic (exact) mass is 261 g/mol. The summed E-state index contributed by atoms with van der Waals surface area (Å²) in [6.07, 6.45) is 5.24. The van der Waals surface area contributed by atoms with Crippen molar-refractivity contribution in [3.05, 3.63) is 55.0 Å². The van der Waals surface area contributed by atoms with Crippen molar-refractivity contribution in [3.8, 4) is 5.69 Å². The zero-order valence-corrected chi connectivity index (χ0v) is 10.6. The molecule has 4 aromatic rings. The topological polar surface area (TPSA) is 69.6 Å². The van der Waals surface area contributed by atoms with Crippen LogP contribution in [0.15, 0.2) is 55.0 Å². The molecule has 4 rings (SSSR count). The van der Waals surface area contributed by atoms with Crippen molar-refractivity contribution in [3.63, 3.8) is 0 Å². The average molecular weight is 261 g/mol. The van der Waals surface area contributed by atoms with Gasteiger partial charge in [-0.15, -0.1) is 0 Å². The van der Waals surface area contributed by atoms with E-state index in [1.807, 2.05) is 41.0 Å². The number of hydrogen-bond acceptors (Lipinski definition) is 4. The summed E-state index contributed by atoms with van der Waals surface area (Å²) >= 11 is 0. The third kappa shape index (κ3) is 1.46. The molecule has 0 spiro atoms. The lowest BCUT2D eigenvalue weighted by atomic mass is 10.2. The number of rotatable bonds is 1. The van der Waals surface area contributed by atoms with Crippen molar-refractivity contribution >= 4 is 27.9 Å². The van der Waals surface area contributed by atoms with Gasteiger partial charge in [-0.05, 0) is 30.3 Å². The molecule has 3 heterocycles. The molecule has 5 nitrogen and oxygen atoms in total. The largest absolute Gasteiger partial charge is 0.369 e. The molecule has 0 aliphatic carbocycles. The molecule has 0 atom stereocenters. The van der Waals surface area contributed by atoms with Crippen molar-refractivity contribution in [2.24, 2.45) is 0 Å². The Morgan fingerprint density at radius 1 is 0.950 bits per heavy atom. The number of pyridine rings is 2. The van der Waals surface area contributed by atoms with Crippen molar-refractivity contribution < 1.29 is 0 Å². The van der Waals surface area contributed by atoms with E-state index in [-0.39, 0.29) is 0 Å². The lowest BCUT2D eigenvalue weighted by Gasteiger charge is -2.09. The van der Waals surface area contributed by atoms with E-state index in [2.05, 4.69) is 15.0 Å². The SMILES string of the molecule is Nc1nc2cnccc2n1-c1cccc2ncccc12. The highest BCUT2D eigenvalue weighted by molar-refractivity contribution is 5.91. The zero-order chi connectivity index (χ0) is 13.5. The highest BCUT2D eigenvalue weighted by Gasteiger charge is 2.12. The van der Waals surface area contributed by atoms with E-state index in [0.717, 1.165) is 27.6 Å². The Morgan fingerprint density at radius 2 is 1.90 bits per heavy atom. The molecule has 96 valence electrons. The molecule has 0 saturated heterocycles. The van der Waals surface area contributed by atoms with Crippen molar-refractivity contribution in [2.75, 3.05) is 5.73 Å². The van der Waals surface area contributed by atoms with Crippen LogP contribution in [-0.2, 0) is 0 Å². The summed E-state index contributed by atoms with van der Waals surface area (Å²) in [6.45, 7) is 0. The van der Waals surface area contributed by atoms with E-state index in [4.69, 9.17) is 5.73 Å². The summed E-state index contributed by atoms with van der Waals surface area (Å²) in [6, 6.07) is 11.8. The van der Waals surface area contributed by atoms with Gasteiger partial charge >= 0.3 is 0 Å². The number of nitrogen functional groups attached to an aromatic ring is 1. The van der Waals surface area contributed by atoms with Gasteiger partial charge in [0.05, 0.1) is 22.9 Å². The van der Waals surface area contributed by atoms with Crippen molar-refractivity contribution in [1.82, 2.24) is 19.5 Å². The third-order valence-electron chi connectivity index (χ3n) is 3.35. The summed E-state index contributed by atoms with van der Waals surface area (Å²) in [5, 5.41) is 1.04. The van der Waals surface area contributed by atoms with Crippen LogP contribution in [0.2, 0.25) is 0 Å². The molecular formula is C15H11N5. The number of hydrogen-bond donors (Lipinski definition) is 1. The first kappa shape index (κ1) is 10.9. The molecule has 0 unspecified atom stereocenters. The summed E-state index contributed by atoms with van der Waals surface area (Å²) < 4.78 is 1.93. The molecule has 0 fully saturated rings. The van der Waals surface area contributed by atoms with Gasteiger partial charge in [0.15, 0.2) is 0 Å². The van der Waals surface area contributed by atoms with Gasteiger partial charge in [0.1, 0.15) is 5.52 Å². The molecule has 20 heavy (non-hydrogen) atoms. The number of benzene rings is 1. The number of nitrogens with zero attached hydrogens (tertiary/aromatic N) is 4. The molecule has 5 heteroatoms. The zero-order valence-electron chi connectivity index (χ0n) is 10.6. The van der Waals surface area contributed by atoms with Gasteiger partial charge in [0.2, 0.25) is 5.95 Å². The van der Waals surface area contributed by atoms with Crippen LogP contribution in [-0.4, -0.2) is 19.5 Å². The molecule has 0 amide bonds. The van der Waals surface area contributed by atoms with E-state index in [0.29, 0.717) is 5.95 Å². The van der Waals surface area contributed by atoms with Crippen LogP contribution in [0.4, 0.5) is 5.95 Å². The Kier molecular flexibility index (Phi) is 2.20. The number of nitrogens with two attached hydrogens (primary N) is 1. The fourth-order valence-electron chi connectivity index (χ4n) is 2.49. The van der Waals surface area contributed by atoms with Crippen LogP contribution >= 0.6 is 0 Å². The van der Waals surface area contributed by atoms with Crippen LogP contribution in [0.1, 0.15) is 0 Å². The number of aromatic nitrogens is 4. The maximum absolute atomic E-state index is 6.08. The fraction of sp³-hybridized carbons (Fsp3) is 0. The average Bonchev–Trinajstić information content (AvgIpc) is 2.82. The Hall–Kier alpha value is -2.95. The van der Waals surface area contributed by atoms with Crippen LogP contribution in [0.3, 0.4) is 0 Å². The highest BCUT2D eigenvalue weighted by atomic mass is 15.2. The lowest BCUT2D eigenvalue weighted by Crippen LogP contribution is -2.01. The van der Waals surface area contributed by atoms with Crippen molar-refractivity contribution in [2.45, 2.75) is 0 Å². The minimum atomic E-state index is 0.448. The first-order chi connectivity index (χ1) is 9.84. The lowest BCUT2D eigenvalue weighted by molar-refractivity contribution is 1.12. The maximum atomic E-state index is 6.08. The fourth-order valence-corrected chi connectivity index (χ4v) is 2.49. The highest BCUT2D eigenvalue weighted by Crippen LogP contribution is 2.27. The second-order valence-corrected chi connectivity index (χ2v) is 4.52. The van der Waals surface area contributed by atoms with E-state index in [1.54, 1.807) is 18.6 Å². The summed E-state index contributed by atoms with van der Waals surface area (Å²) in [4.78, 5) is 12.8. The van der Waals surface area contributed by atoms with Crippen LogP contribution < -0.4 is 5.73 Å². The van der Waals surface area contributed by atoms with Crippen LogP contribution in [0.25, 0.3) is 27.6 Å². The van der Waals surface area contributed by atoms with E-state index in [1.165, 1.54) is 0 Å². The van der Waals surface area contributed by atoms with Gasteiger partial charge in [-0.3, -0.25) is 14.5 Å². The predicted octanol–water partition coefficient (Wildman–Crippen LogP) is 2.55. The smallest absolute Gasteiger partial charge is 0.206 e. The second-order valence-electron chi connectivity index (χ2n) is 4.52. The molecule has 1 aromatic carbocycles. The standard InChI is InChI=1S/C15H11N5/c16-15-19-12-9-17-8-6-14(12)20(15)13-5-1-4-11-10(13)3-2-7-18-11/h1-9H,(H2,16,19). The molecule has 0 aliphatic rings. The first-order valence-corrected chi connectivity index (χ1v) is 6.26. The van der Waals surface area contributed by atoms with Crippen molar-refractivity contribution in [1.29, 1.82) is 0 Å². The molecule has 0 aliphatic heterocycles. The Labute approximate surface area is 114 Å². The maximum Gasteiger partial charge on any atom is 0.206 e. The molecule has 0 saturated carbocycles. The summed E-state index contributed by atoms with van der Waals surface area (Å²) in [5.41, 5.74) is 9.71. The molecular weight excluding hydrogens is 250 g/mol. The quantitative estimate of drug-likeness (QED) is 0.571. The minimum Gasteiger partial charge on any atom is -0.369 e. The van der Waals surface area contributed by atoms with Gasteiger partial charge in [0, 0.05) is 17.8 Å². The van der Waals surface area contributed by atoms with E-state index in [9.17, 15) is 0 Å². The Morgan fingerprint density at radius 3 is 2.85 bits per heavy atom. The third-order valence-corrected chi connectivity index (χ3v) is 3.35. The second kappa shape index (κ2) is 4.03. The van der Waals surface area contributed by atoms with Gasteiger partial charge < -0.3 is 5.73 Å². The van der Waals surface area contributed by atoms with Gasteiger partial charge in [-0.1, -0.05) is 6.07 Å². The Bertz CT molecular complexity index is 921. The minimum absolute atomic E-state index is 0.448. The van der Waals surface area contributed by atoms with E-state index < -0.39 is 0 Å². The van der Waals surface area contributed by atoms with Crippen LogP contribution in [0.5, 0.6) is 0 Å². The summed E-state index contributed by atoms with van der Waals surface area (Å²) in [5.74, 6) is 0.448. The van der Waals surface area contributed by atoms with Gasteiger partial charge in [0.25, 0.3) is 0 Å². The molecule has 3 aromatic heterocycles. The summed E-state index contributed by atoms with van der Waals surface area (Å²) in [7, 11) is 0.